The summed E-state index contributed by atoms with van der Waals surface area (Å²) in [5.41, 5.74) is 0.423. The molecule has 2 fully saturated rings. The largest absolute Gasteiger partial charge is 0.332 e. The van der Waals surface area contributed by atoms with Crippen LogP contribution in [0.4, 0.5) is 4.79 Å². The number of thioether (sulfide) groups is 1. The Balaban J connectivity index is 1.47. The van der Waals surface area contributed by atoms with E-state index in [-0.39, 0.29) is 12.1 Å². The molecular formula is C21H39N3O2S. The molecule has 0 radical (unpaired) electrons. The van der Waals surface area contributed by atoms with E-state index in [4.69, 9.17) is 0 Å². The Morgan fingerprint density at radius 2 is 1.89 bits per heavy atom. The van der Waals surface area contributed by atoms with Crippen LogP contribution in [0.5, 0.6) is 0 Å². The highest BCUT2D eigenvalue weighted by atomic mass is 32.2. The van der Waals surface area contributed by atoms with Gasteiger partial charge in [0.1, 0.15) is 5.78 Å². The zero-order valence-corrected chi connectivity index (χ0v) is 18.5. The Kier molecular flexibility index (Phi) is 8.93. The Labute approximate surface area is 169 Å². The molecule has 2 heterocycles. The lowest BCUT2D eigenvalue weighted by Gasteiger charge is -2.20. The van der Waals surface area contributed by atoms with Crippen LogP contribution in [-0.4, -0.2) is 59.9 Å². The van der Waals surface area contributed by atoms with Crippen LogP contribution in [0.2, 0.25) is 0 Å². The van der Waals surface area contributed by atoms with Crippen LogP contribution in [0.1, 0.15) is 72.1 Å². The highest BCUT2D eigenvalue weighted by molar-refractivity contribution is 8.00. The van der Waals surface area contributed by atoms with E-state index in [9.17, 15) is 9.59 Å². The molecule has 2 aliphatic rings. The zero-order valence-electron chi connectivity index (χ0n) is 17.7. The van der Waals surface area contributed by atoms with E-state index < -0.39 is 0 Å². The molecule has 6 heteroatoms. The second-order valence-electron chi connectivity index (χ2n) is 9.48. The van der Waals surface area contributed by atoms with Gasteiger partial charge in [-0.2, -0.15) is 11.8 Å². The van der Waals surface area contributed by atoms with Gasteiger partial charge in [-0.1, -0.05) is 33.6 Å². The monoisotopic (exact) mass is 397 g/mol. The molecule has 0 aliphatic carbocycles. The van der Waals surface area contributed by atoms with Crippen LogP contribution in [-0.2, 0) is 4.79 Å². The maximum Gasteiger partial charge on any atom is 0.315 e. The van der Waals surface area contributed by atoms with Crippen molar-refractivity contribution in [1.82, 2.24) is 15.5 Å². The number of Topliss-reactive ketones (excluding diaryl/α,β-unsaturated/α-hetero) is 1. The fourth-order valence-corrected chi connectivity index (χ4v) is 5.44. The second-order valence-corrected chi connectivity index (χ2v) is 10.7. The van der Waals surface area contributed by atoms with Gasteiger partial charge in [-0.25, -0.2) is 4.79 Å². The first-order valence-electron chi connectivity index (χ1n) is 10.6. The van der Waals surface area contributed by atoms with Crippen molar-refractivity contribution in [2.24, 2.45) is 5.41 Å². The highest BCUT2D eigenvalue weighted by Crippen LogP contribution is 2.33. The van der Waals surface area contributed by atoms with Crippen molar-refractivity contribution in [3.63, 3.8) is 0 Å². The molecule has 0 aromatic rings. The highest BCUT2D eigenvalue weighted by Gasteiger charge is 2.42. The van der Waals surface area contributed by atoms with Gasteiger partial charge in [-0.15, -0.1) is 0 Å². The summed E-state index contributed by atoms with van der Waals surface area (Å²) < 4.78 is 0. The van der Waals surface area contributed by atoms with Gasteiger partial charge in [0, 0.05) is 30.4 Å². The van der Waals surface area contributed by atoms with Gasteiger partial charge in [0.15, 0.2) is 0 Å². The second kappa shape index (κ2) is 10.7. The summed E-state index contributed by atoms with van der Waals surface area (Å²) in [6.07, 6.45) is 8.27. The third kappa shape index (κ3) is 8.43. The van der Waals surface area contributed by atoms with Gasteiger partial charge in [0.2, 0.25) is 0 Å². The number of hydrogen-bond donors (Lipinski definition) is 2. The van der Waals surface area contributed by atoms with Crippen molar-refractivity contribution >= 4 is 23.6 Å². The first-order chi connectivity index (χ1) is 12.7. The summed E-state index contributed by atoms with van der Waals surface area (Å²) >= 11 is 1.95. The molecule has 0 bridgehead atoms. The number of nitrogens with one attached hydrogen (secondary N) is 2. The van der Waals surface area contributed by atoms with Crippen LogP contribution in [0.3, 0.4) is 0 Å². The number of hydrogen-bond acceptors (Lipinski definition) is 4. The molecule has 0 aromatic heterocycles. The first kappa shape index (κ1) is 22.5. The molecule has 2 rings (SSSR count). The number of carbonyl (C=O) groups is 2. The van der Waals surface area contributed by atoms with Crippen LogP contribution in [0.15, 0.2) is 0 Å². The van der Waals surface area contributed by atoms with Crippen LogP contribution in [0.25, 0.3) is 0 Å². The topological polar surface area (TPSA) is 61.4 Å². The van der Waals surface area contributed by atoms with Crippen molar-refractivity contribution in [2.45, 2.75) is 89.5 Å². The minimum Gasteiger partial charge on any atom is -0.332 e. The third-order valence-corrected chi connectivity index (χ3v) is 7.13. The predicted octanol–water partition coefficient (Wildman–Crippen LogP) is 3.82. The number of ketones is 1. The molecule has 0 spiro atoms. The summed E-state index contributed by atoms with van der Waals surface area (Å²) in [4.78, 5) is 25.8. The number of urea groups is 1. The molecule has 27 heavy (non-hydrogen) atoms. The molecular weight excluding hydrogens is 358 g/mol. The van der Waals surface area contributed by atoms with E-state index in [1.165, 1.54) is 19.3 Å². The minimum absolute atomic E-state index is 0.0204. The van der Waals surface area contributed by atoms with Crippen molar-refractivity contribution < 1.29 is 9.59 Å². The van der Waals surface area contributed by atoms with E-state index in [0.29, 0.717) is 35.3 Å². The standard InChI is InChI=1S/C21H39N3O2S/c1-21(2,3)12-7-8-13-24(4)14-11-16(25)9-5-6-10-18-19-17(15-27-18)22-20(26)23-19/h17-19H,5-15H2,1-4H3,(H2,22,23,26). The van der Waals surface area contributed by atoms with Gasteiger partial charge in [-0.05, 0) is 44.7 Å². The van der Waals surface area contributed by atoms with Crippen LogP contribution >= 0.6 is 11.8 Å². The normalized spacial score (nSPS) is 24.8. The molecule has 156 valence electrons. The number of fused-ring (bicyclic) bond motifs is 1. The summed E-state index contributed by atoms with van der Waals surface area (Å²) in [7, 11) is 2.13. The number of amides is 2. The smallest absolute Gasteiger partial charge is 0.315 e. The van der Waals surface area contributed by atoms with Gasteiger partial charge < -0.3 is 15.5 Å². The van der Waals surface area contributed by atoms with Crippen molar-refractivity contribution in [3.8, 4) is 0 Å². The van der Waals surface area contributed by atoms with Crippen LogP contribution < -0.4 is 10.6 Å². The molecule has 2 N–H and O–H groups in total. The molecule has 3 atom stereocenters. The molecule has 0 saturated carbocycles. The summed E-state index contributed by atoms with van der Waals surface area (Å²) in [6, 6.07) is 0.561. The van der Waals surface area contributed by atoms with Crippen LogP contribution in [0, 0.1) is 5.41 Å². The maximum atomic E-state index is 12.1. The molecule has 2 amide bonds. The minimum atomic E-state index is -0.0204. The van der Waals surface area contributed by atoms with Gasteiger partial charge in [-0.3, -0.25) is 4.79 Å². The fourth-order valence-electron chi connectivity index (χ4n) is 3.90. The van der Waals surface area contributed by atoms with Crippen molar-refractivity contribution in [2.75, 3.05) is 25.9 Å². The summed E-state index contributed by atoms with van der Waals surface area (Å²) in [5.74, 6) is 1.40. The number of carbonyl (C=O) groups excluding carboxylic acids is 2. The first-order valence-corrected chi connectivity index (χ1v) is 11.7. The quantitative estimate of drug-likeness (QED) is 0.388. The molecule has 2 aliphatic heterocycles. The number of nitrogens with zero attached hydrogens (tertiary/aromatic N) is 1. The summed E-state index contributed by atoms with van der Waals surface area (Å²) in [5, 5.41) is 6.51. The Bertz CT molecular complexity index is 492. The SMILES string of the molecule is CN(CCCCC(C)(C)C)CCC(=O)CCCCC1SCC2NC(=O)NC21. The van der Waals surface area contributed by atoms with E-state index in [1.54, 1.807) is 0 Å². The Hall–Kier alpha value is -0.750. The van der Waals surface area contributed by atoms with Gasteiger partial charge in [0.05, 0.1) is 12.1 Å². The molecule has 3 unspecified atom stereocenters. The van der Waals surface area contributed by atoms with E-state index in [0.717, 1.165) is 38.1 Å². The van der Waals surface area contributed by atoms with Gasteiger partial charge in [0.25, 0.3) is 0 Å². The Morgan fingerprint density at radius 1 is 1.11 bits per heavy atom. The van der Waals surface area contributed by atoms with Crippen molar-refractivity contribution in [3.05, 3.63) is 0 Å². The van der Waals surface area contributed by atoms with Crippen molar-refractivity contribution in [1.29, 1.82) is 0 Å². The third-order valence-electron chi connectivity index (χ3n) is 5.62. The van der Waals surface area contributed by atoms with E-state index in [1.807, 2.05) is 11.8 Å². The van der Waals surface area contributed by atoms with Gasteiger partial charge >= 0.3 is 6.03 Å². The molecule has 5 nitrogen and oxygen atoms in total. The zero-order chi connectivity index (χ0) is 19.9. The maximum absolute atomic E-state index is 12.1. The fraction of sp³-hybridized carbons (Fsp3) is 0.905. The lowest BCUT2D eigenvalue weighted by Crippen LogP contribution is -2.36. The summed E-state index contributed by atoms with van der Waals surface area (Å²) in [6.45, 7) is 8.85. The average Bonchev–Trinajstić information content (AvgIpc) is 3.12. The van der Waals surface area contributed by atoms with E-state index in [2.05, 4.69) is 43.4 Å². The van der Waals surface area contributed by atoms with E-state index >= 15 is 0 Å². The molecule has 0 aromatic carbocycles. The number of unbranched alkanes of at least 4 members (excludes halogenated alkanes) is 2. The lowest BCUT2D eigenvalue weighted by atomic mass is 9.90. The Morgan fingerprint density at radius 3 is 2.63 bits per heavy atom. The average molecular weight is 398 g/mol. The number of rotatable bonds is 12. The predicted molar refractivity (Wildman–Crippen MR) is 114 cm³/mol. The lowest BCUT2D eigenvalue weighted by molar-refractivity contribution is -0.119. The molecule has 2 saturated heterocycles.